The summed E-state index contributed by atoms with van der Waals surface area (Å²) in [6, 6.07) is 5.38. The molecular weight excluding hydrogens is 244 g/mol. The molecule has 1 unspecified atom stereocenters. The molecule has 0 aromatic carbocycles. The molecule has 0 spiro atoms. The van der Waals surface area contributed by atoms with Crippen LogP contribution in [-0.2, 0) is 9.59 Å². The minimum atomic E-state index is -0.327. The summed E-state index contributed by atoms with van der Waals surface area (Å²) < 4.78 is 0. The average Bonchev–Trinajstić information content (AvgIpc) is 2.38. The Morgan fingerprint density at radius 1 is 1.32 bits per heavy atom. The van der Waals surface area contributed by atoms with Crippen molar-refractivity contribution in [3.63, 3.8) is 0 Å². The molecule has 3 rings (SSSR count). The van der Waals surface area contributed by atoms with Gasteiger partial charge in [0.2, 0.25) is 11.8 Å². The SMILES string of the molecule is Nc1ccc2cc(C3CCC(=O)NC3=O)cnc2n1. The van der Waals surface area contributed by atoms with Gasteiger partial charge in [-0.3, -0.25) is 14.9 Å². The molecule has 0 radical (unpaired) electrons. The highest BCUT2D eigenvalue weighted by Gasteiger charge is 2.28. The normalized spacial score (nSPS) is 19.5. The summed E-state index contributed by atoms with van der Waals surface area (Å²) in [6.45, 7) is 0. The highest BCUT2D eigenvalue weighted by Crippen LogP contribution is 2.26. The van der Waals surface area contributed by atoms with E-state index in [0.29, 0.717) is 24.3 Å². The summed E-state index contributed by atoms with van der Waals surface area (Å²) in [6.07, 6.45) is 2.49. The second-order valence-corrected chi connectivity index (χ2v) is 4.56. The van der Waals surface area contributed by atoms with Crippen molar-refractivity contribution in [3.8, 4) is 0 Å². The van der Waals surface area contributed by atoms with Crippen molar-refractivity contribution in [3.05, 3.63) is 30.0 Å². The van der Waals surface area contributed by atoms with Gasteiger partial charge in [-0.1, -0.05) is 0 Å². The van der Waals surface area contributed by atoms with Crippen LogP contribution in [0, 0.1) is 0 Å². The Labute approximate surface area is 109 Å². The second-order valence-electron chi connectivity index (χ2n) is 4.56. The molecule has 1 aliphatic heterocycles. The number of pyridine rings is 2. The first-order valence-corrected chi connectivity index (χ1v) is 5.99. The van der Waals surface area contributed by atoms with Crippen molar-refractivity contribution in [2.24, 2.45) is 0 Å². The molecule has 2 aromatic heterocycles. The first-order chi connectivity index (χ1) is 9.13. The number of carbonyl (C=O) groups excluding carboxylic acids is 2. The highest BCUT2D eigenvalue weighted by atomic mass is 16.2. The van der Waals surface area contributed by atoms with Crippen LogP contribution in [0.3, 0.4) is 0 Å². The van der Waals surface area contributed by atoms with E-state index in [2.05, 4.69) is 15.3 Å². The zero-order valence-electron chi connectivity index (χ0n) is 10.1. The zero-order valence-corrected chi connectivity index (χ0v) is 10.1. The van der Waals surface area contributed by atoms with Crippen LogP contribution in [0.1, 0.15) is 24.3 Å². The van der Waals surface area contributed by atoms with Gasteiger partial charge in [0, 0.05) is 18.0 Å². The van der Waals surface area contributed by atoms with E-state index in [-0.39, 0.29) is 17.7 Å². The Balaban J connectivity index is 1.99. The lowest BCUT2D eigenvalue weighted by Gasteiger charge is -2.20. The van der Waals surface area contributed by atoms with Crippen LogP contribution in [0.25, 0.3) is 11.0 Å². The highest BCUT2D eigenvalue weighted by molar-refractivity contribution is 6.01. The second kappa shape index (κ2) is 4.31. The number of nitrogens with two attached hydrogens (primary N) is 1. The Morgan fingerprint density at radius 2 is 2.16 bits per heavy atom. The topological polar surface area (TPSA) is 98.0 Å². The fraction of sp³-hybridized carbons (Fsp3) is 0.231. The Morgan fingerprint density at radius 3 is 2.95 bits per heavy atom. The smallest absolute Gasteiger partial charge is 0.234 e. The predicted octanol–water partition coefficient (Wildman–Crippen LogP) is 0.732. The van der Waals surface area contributed by atoms with E-state index in [1.54, 1.807) is 12.3 Å². The van der Waals surface area contributed by atoms with E-state index in [4.69, 9.17) is 5.73 Å². The molecule has 19 heavy (non-hydrogen) atoms. The molecular formula is C13H12N4O2. The average molecular weight is 256 g/mol. The number of piperidine rings is 1. The third-order valence-electron chi connectivity index (χ3n) is 3.23. The van der Waals surface area contributed by atoms with Crippen LogP contribution in [0.4, 0.5) is 5.82 Å². The van der Waals surface area contributed by atoms with Gasteiger partial charge in [-0.05, 0) is 30.2 Å². The number of fused-ring (bicyclic) bond motifs is 1. The Hall–Kier alpha value is -2.50. The molecule has 3 N–H and O–H groups in total. The minimum Gasteiger partial charge on any atom is -0.384 e. The van der Waals surface area contributed by atoms with Gasteiger partial charge in [0.1, 0.15) is 5.82 Å². The molecule has 1 saturated heterocycles. The number of imide groups is 1. The van der Waals surface area contributed by atoms with E-state index in [9.17, 15) is 9.59 Å². The monoisotopic (exact) mass is 256 g/mol. The fourth-order valence-corrected chi connectivity index (χ4v) is 2.24. The van der Waals surface area contributed by atoms with Crippen LogP contribution in [-0.4, -0.2) is 21.8 Å². The summed E-state index contributed by atoms with van der Waals surface area (Å²) in [5, 5.41) is 3.17. The maximum absolute atomic E-state index is 11.8. The molecule has 1 aliphatic rings. The number of nitrogen functional groups attached to an aromatic ring is 1. The first kappa shape index (κ1) is 11.6. The molecule has 1 atom stereocenters. The van der Waals surface area contributed by atoms with Crippen molar-refractivity contribution in [1.82, 2.24) is 15.3 Å². The lowest BCUT2D eigenvalue weighted by molar-refractivity contribution is -0.134. The standard InChI is InChI=1S/C13H12N4O2/c14-10-3-1-7-5-8(6-15-12(7)16-10)9-2-4-11(18)17-13(9)19/h1,3,5-6,9H,2,4H2,(H2,14,15,16)(H,17,18,19). The van der Waals surface area contributed by atoms with E-state index in [1.165, 1.54) is 0 Å². The van der Waals surface area contributed by atoms with Crippen molar-refractivity contribution < 1.29 is 9.59 Å². The Kier molecular flexibility index (Phi) is 2.63. The van der Waals surface area contributed by atoms with Gasteiger partial charge in [0.25, 0.3) is 0 Å². The number of rotatable bonds is 1. The predicted molar refractivity (Wildman–Crippen MR) is 69.1 cm³/mol. The molecule has 0 bridgehead atoms. The van der Waals surface area contributed by atoms with Gasteiger partial charge >= 0.3 is 0 Å². The maximum Gasteiger partial charge on any atom is 0.234 e. The van der Waals surface area contributed by atoms with Crippen LogP contribution >= 0.6 is 0 Å². The minimum absolute atomic E-state index is 0.218. The number of hydrogen-bond acceptors (Lipinski definition) is 5. The summed E-state index contributed by atoms with van der Waals surface area (Å²) in [5.41, 5.74) is 6.94. The molecule has 6 nitrogen and oxygen atoms in total. The first-order valence-electron chi connectivity index (χ1n) is 5.99. The van der Waals surface area contributed by atoms with Crippen molar-refractivity contribution in [2.45, 2.75) is 18.8 Å². The van der Waals surface area contributed by atoms with Crippen molar-refractivity contribution in [2.75, 3.05) is 5.73 Å². The van der Waals surface area contributed by atoms with Crippen LogP contribution in [0.15, 0.2) is 24.4 Å². The molecule has 2 amide bonds. The number of nitrogens with zero attached hydrogens (tertiary/aromatic N) is 2. The molecule has 3 heterocycles. The van der Waals surface area contributed by atoms with E-state index < -0.39 is 0 Å². The molecule has 0 saturated carbocycles. The van der Waals surface area contributed by atoms with E-state index >= 15 is 0 Å². The molecule has 96 valence electrons. The number of aromatic nitrogens is 2. The van der Waals surface area contributed by atoms with Gasteiger partial charge in [0.15, 0.2) is 5.65 Å². The van der Waals surface area contributed by atoms with Gasteiger partial charge in [-0.2, -0.15) is 0 Å². The quantitative estimate of drug-likeness (QED) is 0.733. The summed E-state index contributed by atoms with van der Waals surface area (Å²) in [4.78, 5) is 31.2. The van der Waals surface area contributed by atoms with Gasteiger partial charge in [0.05, 0.1) is 5.92 Å². The van der Waals surface area contributed by atoms with Crippen molar-refractivity contribution >= 4 is 28.7 Å². The van der Waals surface area contributed by atoms with Crippen LogP contribution < -0.4 is 11.1 Å². The Bertz CT molecular complexity index is 683. The number of anilines is 1. The summed E-state index contributed by atoms with van der Waals surface area (Å²) in [7, 11) is 0. The lowest BCUT2D eigenvalue weighted by atomic mass is 9.91. The molecule has 1 fully saturated rings. The zero-order chi connectivity index (χ0) is 13.4. The van der Waals surface area contributed by atoms with E-state index in [1.807, 2.05) is 12.1 Å². The third kappa shape index (κ3) is 2.12. The van der Waals surface area contributed by atoms with Gasteiger partial charge in [-0.25, -0.2) is 9.97 Å². The van der Waals surface area contributed by atoms with Gasteiger partial charge < -0.3 is 5.73 Å². The van der Waals surface area contributed by atoms with Gasteiger partial charge in [-0.15, -0.1) is 0 Å². The maximum atomic E-state index is 11.8. The fourth-order valence-electron chi connectivity index (χ4n) is 2.24. The lowest BCUT2D eigenvalue weighted by Crippen LogP contribution is -2.39. The number of carbonyl (C=O) groups is 2. The molecule has 6 heteroatoms. The third-order valence-corrected chi connectivity index (χ3v) is 3.23. The summed E-state index contributed by atoms with van der Waals surface area (Å²) in [5.74, 6) is -0.397. The van der Waals surface area contributed by atoms with Crippen LogP contribution in [0.2, 0.25) is 0 Å². The molecule has 2 aromatic rings. The van der Waals surface area contributed by atoms with Crippen LogP contribution in [0.5, 0.6) is 0 Å². The number of amides is 2. The number of hydrogen-bond donors (Lipinski definition) is 2. The number of nitrogens with one attached hydrogen (secondary N) is 1. The van der Waals surface area contributed by atoms with E-state index in [0.717, 1.165) is 10.9 Å². The largest absolute Gasteiger partial charge is 0.384 e. The molecule has 0 aliphatic carbocycles. The summed E-state index contributed by atoms with van der Waals surface area (Å²) >= 11 is 0. The van der Waals surface area contributed by atoms with Crippen molar-refractivity contribution in [1.29, 1.82) is 0 Å².